The molecule has 0 heterocycles. The fourth-order valence-electron chi connectivity index (χ4n) is 1.27. The smallest absolute Gasteiger partial charge is 0.209 e. The van der Waals surface area contributed by atoms with E-state index in [1.165, 1.54) is 20.3 Å². The molecule has 0 fully saturated rings. The third kappa shape index (κ3) is 2.18. The predicted molar refractivity (Wildman–Crippen MR) is 50.3 cm³/mol. The summed E-state index contributed by atoms with van der Waals surface area (Å²) in [6, 6.07) is 1.21. The second kappa shape index (κ2) is 4.93. The normalized spacial score (nSPS) is 10.2. The maximum absolute atomic E-state index is 13.5. The molecule has 0 aliphatic rings. The minimum Gasteiger partial charge on any atom is -0.494 e. The number of aliphatic hydroxyl groups is 1. The lowest BCUT2D eigenvalue weighted by molar-refractivity contribution is 0.293. The van der Waals surface area contributed by atoms with Crippen LogP contribution in [0, 0.1) is 11.6 Å². The average molecular weight is 218 g/mol. The van der Waals surface area contributed by atoms with Crippen LogP contribution in [-0.4, -0.2) is 25.9 Å². The number of rotatable bonds is 4. The van der Waals surface area contributed by atoms with Gasteiger partial charge in [-0.1, -0.05) is 0 Å². The summed E-state index contributed by atoms with van der Waals surface area (Å²) in [5.74, 6) is -2.27. The molecule has 0 aliphatic carbocycles. The van der Waals surface area contributed by atoms with Gasteiger partial charge in [-0.2, -0.15) is 4.39 Å². The van der Waals surface area contributed by atoms with Gasteiger partial charge in [0.2, 0.25) is 5.82 Å². The molecule has 1 aromatic rings. The summed E-state index contributed by atoms with van der Waals surface area (Å²) in [5, 5.41) is 8.70. The fourth-order valence-corrected chi connectivity index (χ4v) is 1.27. The molecule has 15 heavy (non-hydrogen) atoms. The van der Waals surface area contributed by atoms with Crippen molar-refractivity contribution in [3.8, 4) is 11.5 Å². The number of methoxy groups -OCH3 is 2. The van der Waals surface area contributed by atoms with Crippen molar-refractivity contribution in [1.82, 2.24) is 0 Å². The molecule has 1 aromatic carbocycles. The average Bonchev–Trinajstić information content (AvgIpc) is 2.23. The van der Waals surface area contributed by atoms with Crippen molar-refractivity contribution in [2.24, 2.45) is 0 Å². The summed E-state index contributed by atoms with van der Waals surface area (Å²) in [5.41, 5.74) is 0.160. The Hall–Kier alpha value is -1.36. The highest BCUT2D eigenvalue weighted by Crippen LogP contribution is 2.32. The minimum atomic E-state index is -0.876. The van der Waals surface area contributed by atoms with E-state index in [-0.39, 0.29) is 24.3 Å². The highest BCUT2D eigenvalue weighted by atomic mass is 19.1. The molecule has 0 bridgehead atoms. The first-order valence-corrected chi connectivity index (χ1v) is 4.35. The number of ether oxygens (including phenoxy) is 2. The first-order valence-electron chi connectivity index (χ1n) is 4.35. The van der Waals surface area contributed by atoms with Crippen LogP contribution in [0.25, 0.3) is 0 Å². The standard InChI is InChI=1S/C10H12F2O3/c1-14-7-5-6(3-4-13)8(11)10(15-2)9(7)12/h5,13H,3-4H2,1-2H3. The largest absolute Gasteiger partial charge is 0.494 e. The topological polar surface area (TPSA) is 38.7 Å². The number of benzene rings is 1. The van der Waals surface area contributed by atoms with E-state index >= 15 is 0 Å². The zero-order valence-electron chi connectivity index (χ0n) is 8.51. The lowest BCUT2D eigenvalue weighted by Gasteiger charge is -2.11. The molecular weight excluding hydrogens is 206 g/mol. The van der Waals surface area contributed by atoms with Crippen LogP contribution in [0.5, 0.6) is 11.5 Å². The Balaban J connectivity index is 3.30. The van der Waals surface area contributed by atoms with Gasteiger partial charge in [0.1, 0.15) is 0 Å². The van der Waals surface area contributed by atoms with Gasteiger partial charge < -0.3 is 14.6 Å². The molecule has 0 unspecified atom stereocenters. The fraction of sp³-hybridized carbons (Fsp3) is 0.400. The van der Waals surface area contributed by atoms with E-state index in [2.05, 4.69) is 4.74 Å². The van der Waals surface area contributed by atoms with Crippen LogP contribution >= 0.6 is 0 Å². The van der Waals surface area contributed by atoms with Gasteiger partial charge in [0.05, 0.1) is 14.2 Å². The number of hydrogen-bond acceptors (Lipinski definition) is 3. The van der Waals surface area contributed by atoms with Crippen LogP contribution in [-0.2, 0) is 6.42 Å². The van der Waals surface area contributed by atoms with Crippen molar-refractivity contribution in [3.05, 3.63) is 23.3 Å². The van der Waals surface area contributed by atoms with Crippen LogP contribution in [0.4, 0.5) is 8.78 Å². The Morgan fingerprint density at radius 2 is 1.87 bits per heavy atom. The van der Waals surface area contributed by atoms with E-state index in [1.54, 1.807) is 0 Å². The van der Waals surface area contributed by atoms with Gasteiger partial charge >= 0.3 is 0 Å². The monoisotopic (exact) mass is 218 g/mol. The zero-order valence-corrected chi connectivity index (χ0v) is 8.51. The SMILES string of the molecule is COc1cc(CCO)c(F)c(OC)c1F. The molecular formula is C10H12F2O3. The van der Waals surface area contributed by atoms with Gasteiger partial charge in [-0.15, -0.1) is 0 Å². The maximum atomic E-state index is 13.5. The second-order valence-corrected chi connectivity index (χ2v) is 2.87. The molecule has 0 atom stereocenters. The Morgan fingerprint density at radius 3 is 2.33 bits per heavy atom. The Labute approximate surface area is 86.2 Å². The summed E-state index contributed by atoms with van der Waals surface area (Å²) < 4.78 is 36.2. The molecule has 0 saturated carbocycles. The van der Waals surface area contributed by atoms with Gasteiger partial charge in [0, 0.05) is 6.61 Å². The summed E-state index contributed by atoms with van der Waals surface area (Å²) in [6.07, 6.45) is 0.0822. The number of halogens is 2. The van der Waals surface area contributed by atoms with E-state index in [0.717, 1.165) is 0 Å². The molecule has 0 radical (unpaired) electrons. The number of aliphatic hydroxyl groups excluding tert-OH is 1. The second-order valence-electron chi connectivity index (χ2n) is 2.87. The van der Waals surface area contributed by atoms with Crippen molar-refractivity contribution in [2.45, 2.75) is 6.42 Å². The summed E-state index contributed by atoms with van der Waals surface area (Å²) >= 11 is 0. The van der Waals surface area contributed by atoms with Crippen LogP contribution in [0.2, 0.25) is 0 Å². The van der Waals surface area contributed by atoms with E-state index in [4.69, 9.17) is 9.84 Å². The van der Waals surface area contributed by atoms with Crippen LogP contribution in [0.15, 0.2) is 6.07 Å². The lowest BCUT2D eigenvalue weighted by Crippen LogP contribution is -2.03. The third-order valence-corrected chi connectivity index (χ3v) is 2.01. The summed E-state index contributed by atoms with van der Waals surface area (Å²) in [7, 11) is 2.45. The highest BCUT2D eigenvalue weighted by Gasteiger charge is 2.19. The van der Waals surface area contributed by atoms with Crippen molar-refractivity contribution in [3.63, 3.8) is 0 Å². The first kappa shape index (κ1) is 11.7. The lowest BCUT2D eigenvalue weighted by atomic mass is 10.1. The molecule has 0 amide bonds. The van der Waals surface area contributed by atoms with Crippen molar-refractivity contribution >= 4 is 0 Å². The van der Waals surface area contributed by atoms with Crippen LogP contribution < -0.4 is 9.47 Å². The van der Waals surface area contributed by atoms with Crippen molar-refractivity contribution in [1.29, 1.82) is 0 Å². The molecule has 84 valence electrons. The van der Waals surface area contributed by atoms with Crippen LogP contribution in [0.1, 0.15) is 5.56 Å². The third-order valence-electron chi connectivity index (χ3n) is 2.01. The zero-order chi connectivity index (χ0) is 11.4. The molecule has 0 spiro atoms. The Bertz CT molecular complexity index is 353. The molecule has 5 heteroatoms. The maximum Gasteiger partial charge on any atom is 0.209 e. The summed E-state index contributed by atoms with van der Waals surface area (Å²) in [6.45, 7) is -0.227. The predicted octanol–water partition coefficient (Wildman–Crippen LogP) is 1.52. The molecule has 3 nitrogen and oxygen atoms in total. The quantitative estimate of drug-likeness (QED) is 0.832. The molecule has 0 aromatic heterocycles. The Kier molecular flexibility index (Phi) is 3.85. The van der Waals surface area contributed by atoms with Gasteiger partial charge in [-0.25, -0.2) is 4.39 Å². The molecule has 1 N–H and O–H groups in total. The molecule has 0 saturated heterocycles. The minimum absolute atomic E-state index is 0.0822. The van der Waals surface area contributed by atoms with Gasteiger partial charge in [-0.05, 0) is 18.1 Å². The van der Waals surface area contributed by atoms with Gasteiger partial charge in [-0.3, -0.25) is 0 Å². The van der Waals surface area contributed by atoms with Crippen molar-refractivity contribution in [2.75, 3.05) is 20.8 Å². The molecule has 1 rings (SSSR count). The van der Waals surface area contributed by atoms with Gasteiger partial charge in [0.15, 0.2) is 17.3 Å². The van der Waals surface area contributed by atoms with Crippen LogP contribution in [0.3, 0.4) is 0 Å². The first-order chi connectivity index (χ1) is 7.15. The van der Waals surface area contributed by atoms with E-state index in [1.807, 2.05) is 0 Å². The Morgan fingerprint density at radius 1 is 1.20 bits per heavy atom. The van der Waals surface area contributed by atoms with E-state index < -0.39 is 17.4 Å². The van der Waals surface area contributed by atoms with Crippen molar-refractivity contribution < 1.29 is 23.4 Å². The number of hydrogen-bond donors (Lipinski definition) is 1. The summed E-state index contributed by atoms with van der Waals surface area (Å²) in [4.78, 5) is 0. The highest BCUT2D eigenvalue weighted by molar-refractivity contribution is 5.42. The van der Waals surface area contributed by atoms with Gasteiger partial charge in [0.25, 0.3) is 0 Å². The van der Waals surface area contributed by atoms with E-state index in [9.17, 15) is 8.78 Å². The molecule has 0 aliphatic heterocycles. The van der Waals surface area contributed by atoms with E-state index in [0.29, 0.717) is 0 Å².